The second-order valence-electron chi connectivity index (χ2n) is 13.8. The van der Waals surface area contributed by atoms with E-state index in [1.54, 1.807) is 12.0 Å². The lowest BCUT2D eigenvalue weighted by Gasteiger charge is -2.39. The van der Waals surface area contributed by atoms with Gasteiger partial charge in [-0.3, -0.25) is 4.79 Å². The molecule has 3 fully saturated rings. The zero-order valence-electron chi connectivity index (χ0n) is 28.3. The zero-order valence-corrected chi connectivity index (χ0v) is 28.3. The number of anilines is 1. The number of carbonyl (C=O) groups excluding carboxylic acids is 3. The second kappa shape index (κ2) is 15.0. The minimum absolute atomic E-state index is 0.0392. The summed E-state index contributed by atoms with van der Waals surface area (Å²) in [4.78, 5) is 46.3. The molecule has 0 spiro atoms. The third kappa shape index (κ3) is 7.69. The van der Waals surface area contributed by atoms with Crippen LogP contribution in [0, 0.1) is 25.7 Å². The maximum absolute atomic E-state index is 14.1. The van der Waals surface area contributed by atoms with E-state index in [1.165, 1.54) is 12.8 Å². The number of benzene rings is 2. The predicted octanol–water partition coefficient (Wildman–Crippen LogP) is 5.15. The summed E-state index contributed by atoms with van der Waals surface area (Å²) < 4.78 is 11.7. The van der Waals surface area contributed by atoms with Crippen molar-refractivity contribution in [3.05, 3.63) is 58.7 Å². The van der Waals surface area contributed by atoms with Crippen molar-refractivity contribution in [1.29, 1.82) is 0 Å². The fraction of sp³-hybridized carbons (Fsp3) is 0.595. The monoisotopic (exact) mass is 645 g/mol. The molecule has 0 aromatic heterocycles. The number of fused-ring (bicyclic) bond motifs is 1. The molecule has 47 heavy (non-hydrogen) atoms. The van der Waals surface area contributed by atoms with Crippen LogP contribution in [0.5, 0.6) is 5.75 Å². The van der Waals surface area contributed by atoms with E-state index < -0.39 is 12.2 Å². The number of piperidine rings is 3. The van der Waals surface area contributed by atoms with Crippen molar-refractivity contribution in [2.75, 3.05) is 58.2 Å². The van der Waals surface area contributed by atoms with Gasteiger partial charge >= 0.3 is 12.1 Å². The first-order valence-corrected chi connectivity index (χ1v) is 17.6. The Morgan fingerprint density at radius 3 is 2.19 bits per heavy atom. The van der Waals surface area contributed by atoms with Crippen LogP contribution >= 0.6 is 0 Å². The van der Waals surface area contributed by atoms with Gasteiger partial charge in [0.15, 0.2) is 6.10 Å². The third-order valence-electron chi connectivity index (χ3n) is 10.9. The molecule has 0 bridgehead atoms. The first kappa shape index (κ1) is 33.1. The Labute approximate surface area is 279 Å². The zero-order chi connectivity index (χ0) is 32.9. The molecule has 2 aromatic carbocycles. The molecule has 2 N–H and O–H groups in total. The molecule has 10 heteroatoms. The van der Waals surface area contributed by atoms with Gasteiger partial charge in [0.2, 0.25) is 0 Å². The summed E-state index contributed by atoms with van der Waals surface area (Å²) in [6, 6.07) is 11.9. The first-order chi connectivity index (χ1) is 22.8. The molecule has 4 aliphatic rings. The Kier molecular flexibility index (Phi) is 10.5. The summed E-state index contributed by atoms with van der Waals surface area (Å²) in [7, 11) is 1.66. The van der Waals surface area contributed by atoms with Crippen LogP contribution in [0.25, 0.3) is 0 Å². The number of rotatable bonds is 7. The summed E-state index contributed by atoms with van der Waals surface area (Å²) in [6.07, 6.45) is 5.50. The van der Waals surface area contributed by atoms with Gasteiger partial charge in [-0.1, -0.05) is 30.3 Å². The Balaban J connectivity index is 1.09. The van der Waals surface area contributed by atoms with Gasteiger partial charge < -0.3 is 34.8 Å². The molecule has 6 rings (SSSR count). The maximum atomic E-state index is 14.1. The van der Waals surface area contributed by atoms with Crippen molar-refractivity contribution in [1.82, 2.24) is 20.0 Å². The number of hydrogen-bond acceptors (Lipinski definition) is 6. The molecule has 254 valence electrons. The van der Waals surface area contributed by atoms with E-state index in [-0.39, 0.29) is 18.0 Å². The fourth-order valence-corrected chi connectivity index (χ4v) is 8.28. The van der Waals surface area contributed by atoms with Crippen LogP contribution in [0.1, 0.15) is 60.8 Å². The lowest BCUT2D eigenvalue weighted by Crippen LogP contribution is -2.52. The number of para-hydroxylation sites is 1. The first-order valence-electron chi connectivity index (χ1n) is 17.6. The second-order valence-corrected chi connectivity index (χ2v) is 13.8. The average molecular weight is 646 g/mol. The molecule has 0 unspecified atom stereocenters. The number of ether oxygens (including phenoxy) is 2. The lowest BCUT2D eigenvalue weighted by molar-refractivity contribution is -0.142. The van der Waals surface area contributed by atoms with E-state index in [0.29, 0.717) is 57.9 Å². The van der Waals surface area contributed by atoms with E-state index in [4.69, 9.17) is 9.47 Å². The largest absolute Gasteiger partial charge is 0.496 e. The van der Waals surface area contributed by atoms with E-state index in [2.05, 4.69) is 16.7 Å². The molecule has 0 saturated carbocycles. The number of hydrogen-bond donors (Lipinski definition) is 2. The number of nitrogens with one attached hydrogen (secondary N) is 2. The van der Waals surface area contributed by atoms with Gasteiger partial charge in [-0.05, 0) is 112 Å². The maximum Gasteiger partial charge on any atom is 0.410 e. The number of methoxy groups -OCH3 is 1. The smallest absolute Gasteiger partial charge is 0.410 e. The van der Waals surface area contributed by atoms with Crippen molar-refractivity contribution < 1.29 is 23.9 Å². The molecule has 3 saturated heterocycles. The normalized spacial score (nSPS) is 20.7. The Morgan fingerprint density at radius 1 is 0.872 bits per heavy atom. The number of amides is 4. The molecule has 2 aromatic rings. The number of carbonyl (C=O) groups is 3. The van der Waals surface area contributed by atoms with Gasteiger partial charge in [0.05, 0.1) is 7.11 Å². The predicted molar refractivity (Wildman–Crippen MR) is 182 cm³/mol. The van der Waals surface area contributed by atoms with Crippen LogP contribution in [-0.2, 0) is 22.4 Å². The van der Waals surface area contributed by atoms with E-state index >= 15 is 0 Å². The number of urea groups is 1. The van der Waals surface area contributed by atoms with Crippen LogP contribution < -0.4 is 15.4 Å². The van der Waals surface area contributed by atoms with E-state index in [0.717, 1.165) is 72.0 Å². The number of aryl methyl sites for hydroxylation is 2. The number of likely N-dealkylation sites (tertiary alicyclic amines) is 2. The minimum atomic E-state index is -0.905. The number of nitrogens with zero attached hydrogens (tertiary/aromatic N) is 3. The molecule has 4 heterocycles. The van der Waals surface area contributed by atoms with Gasteiger partial charge in [0.1, 0.15) is 5.75 Å². The quantitative estimate of drug-likeness (QED) is 0.432. The molecular weight excluding hydrogens is 594 g/mol. The highest BCUT2D eigenvalue weighted by atomic mass is 16.6. The summed E-state index contributed by atoms with van der Waals surface area (Å²) in [5.74, 6) is 2.10. The van der Waals surface area contributed by atoms with Crippen LogP contribution in [0.2, 0.25) is 0 Å². The van der Waals surface area contributed by atoms with Crippen LogP contribution in [0.4, 0.5) is 15.3 Å². The topological polar surface area (TPSA) is 103 Å². The van der Waals surface area contributed by atoms with Gasteiger partial charge in [-0.2, -0.15) is 0 Å². The van der Waals surface area contributed by atoms with Crippen molar-refractivity contribution in [3.63, 3.8) is 0 Å². The molecule has 0 radical (unpaired) electrons. The molecule has 0 aliphatic carbocycles. The fourth-order valence-electron chi connectivity index (χ4n) is 8.28. The highest BCUT2D eigenvalue weighted by Gasteiger charge is 2.36. The Hall–Kier alpha value is -3.79. The minimum Gasteiger partial charge on any atom is -0.496 e. The van der Waals surface area contributed by atoms with Crippen LogP contribution in [-0.4, -0.2) is 97.8 Å². The average Bonchev–Trinajstić information content (AvgIpc) is 3.26. The molecular formula is C37H51N5O5. The van der Waals surface area contributed by atoms with Crippen molar-refractivity contribution in [3.8, 4) is 5.75 Å². The van der Waals surface area contributed by atoms with E-state index in [9.17, 15) is 14.4 Å². The molecule has 10 nitrogen and oxygen atoms in total. The van der Waals surface area contributed by atoms with Crippen LogP contribution in [0.3, 0.4) is 0 Å². The van der Waals surface area contributed by atoms with Gasteiger partial charge in [0.25, 0.3) is 5.91 Å². The summed E-state index contributed by atoms with van der Waals surface area (Å²) >= 11 is 0. The van der Waals surface area contributed by atoms with Gasteiger partial charge in [-0.25, -0.2) is 9.59 Å². The highest BCUT2D eigenvalue weighted by molar-refractivity contribution is 5.91. The highest BCUT2D eigenvalue weighted by Crippen LogP contribution is 2.32. The third-order valence-corrected chi connectivity index (χ3v) is 10.9. The van der Waals surface area contributed by atoms with Crippen molar-refractivity contribution in [2.24, 2.45) is 11.8 Å². The van der Waals surface area contributed by atoms with Crippen molar-refractivity contribution in [2.45, 2.75) is 77.4 Å². The standard InChI is InChI=1S/C37H51N5O5/c1-25-22-27(23-26(2)34(25)46-3)24-33(35(43)40-17-10-29(11-18-40)28-8-15-38-16-9-28)47-37(45)41-19-13-31(14-20-41)42-21-12-30-6-4-5-7-32(30)39-36(42)44/h4-7,22-23,28-29,31,33,38H,8-21,24H2,1-3H3,(H,39,44)/t33-/m1/s1. The summed E-state index contributed by atoms with van der Waals surface area (Å²) in [5.41, 5.74) is 4.94. The Morgan fingerprint density at radius 2 is 1.51 bits per heavy atom. The van der Waals surface area contributed by atoms with Gasteiger partial charge in [0, 0.05) is 50.9 Å². The van der Waals surface area contributed by atoms with Gasteiger partial charge in [-0.15, -0.1) is 0 Å². The van der Waals surface area contributed by atoms with E-state index in [1.807, 2.05) is 54.0 Å². The summed E-state index contributed by atoms with van der Waals surface area (Å²) in [5, 5.41) is 6.52. The van der Waals surface area contributed by atoms with Crippen molar-refractivity contribution >= 4 is 23.7 Å². The molecule has 4 amide bonds. The molecule has 4 aliphatic heterocycles. The summed E-state index contributed by atoms with van der Waals surface area (Å²) in [6.45, 7) is 9.16. The SMILES string of the molecule is COc1c(C)cc(C[C@@H](OC(=O)N2CCC(N3CCc4ccccc4NC3=O)CC2)C(=O)N2CCC(C3CCNCC3)CC2)cc1C. The Bertz CT molecular complexity index is 1400. The van der Waals surface area contributed by atoms with Crippen LogP contribution in [0.15, 0.2) is 36.4 Å². The lowest BCUT2D eigenvalue weighted by atomic mass is 9.79. The molecule has 1 atom stereocenters.